The number of nitrogens with two attached hydrogens (primary N) is 1. The number of ether oxygens (including phenoxy) is 1. The summed E-state index contributed by atoms with van der Waals surface area (Å²) in [6.07, 6.45) is 0. The lowest BCUT2D eigenvalue weighted by Gasteiger charge is -2.12. The molecule has 17 heavy (non-hydrogen) atoms. The molecule has 0 amide bonds. The molecule has 0 radical (unpaired) electrons. The Hall–Kier alpha value is -1.55. The number of fused-ring (bicyclic) bond motifs is 1. The molecule has 92 valence electrons. The Bertz CT molecular complexity index is 517. The van der Waals surface area contributed by atoms with Crippen molar-refractivity contribution in [2.75, 3.05) is 6.61 Å². The van der Waals surface area contributed by atoms with Gasteiger partial charge in [0, 0.05) is 12.6 Å². The summed E-state index contributed by atoms with van der Waals surface area (Å²) in [6, 6.07) is 7.14. The van der Waals surface area contributed by atoms with Crippen LogP contribution < -0.4 is 10.5 Å². The van der Waals surface area contributed by atoms with Crippen molar-refractivity contribution in [1.82, 2.24) is 9.55 Å². The van der Waals surface area contributed by atoms with Crippen LogP contribution in [0.4, 0.5) is 0 Å². The van der Waals surface area contributed by atoms with Crippen molar-refractivity contribution in [3.05, 3.63) is 23.8 Å². The molecule has 0 aliphatic carbocycles. The van der Waals surface area contributed by atoms with Gasteiger partial charge in [-0.25, -0.2) is 0 Å². The second-order valence-electron chi connectivity index (χ2n) is 4.32. The van der Waals surface area contributed by atoms with E-state index in [-0.39, 0.29) is 0 Å². The van der Waals surface area contributed by atoms with Gasteiger partial charge >= 0.3 is 0 Å². The van der Waals surface area contributed by atoms with Crippen molar-refractivity contribution in [2.24, 2.45) is 5.73 Å². The zero-order chi connectivity index (χ0) is 12.4. The smallest absolute Gasteiger partial charge is 0.297 e. The first-order valence-corrected chi connectivity index (χ1v) is 6.01. The van der Waals surface area contributed by atoms with Crippen LogP contribution in [0, 0.1) is 0 Å². The molecule has 1 aromatic carbocycles. The topological polar surface area (TPSA) is 53.1 Å². The second kappa shape index (κ2) is 4.75. The van der Waals surface area contributed by atoms with Gasteiger partial charge in [-0.05, 0) is 38.5 Å². The molecule has 0 atom stereocenters. The van der Waals surface area contributed by atoms with Crippen molar-refractivity contribution in [1.29, 1.82) is 0 Å². The molecule has 0 unspecified atom stereocenters. The van der Waals surface area contributed by atoms with E-state index in [1.165, 1.54) is 0 Å². The third-order valence-corrected chi connectivity index (χ3v) is 2.75. The van der Waals surface area contributed by atoms with Crippen molar-refractivity contribution >= 4 is 11.0 Å². The number of benzene rings is 1. The summed E-state index contributed by atoms with van der Waals surface area (Å²) in [5.41, 5.74) is 8.78. The molecule has 0 saturated heterocycles. The Balaban J connectivity index is 2.61. The lowest BCUT2D eigenvalue weighted by atomic mass is 10.2. The van der Waals surface area contributed by atoms with Gasteiger partial charge in [-0.1, -0.05) is 6.07 Å². The van der Waals surface area contributed by atoms with E-state index < -0.39 is 0 Å². The highest BCUT2D eigenvalue weighted by Crippen LogP contribution is 2.26. The van der Waals surface area contributed by atoms with Crippen LogP contribution in [-0.2, 0) is 6.54 Å². The summed E-state index contributed by atoms with van der Waals surface area (Å²) in [5, 5.41) is 0. The molecular formula is C13H19N3O. The number of hydrogen-bond donors (Lipinski definition) is 1. The van der Waals surface area contributed by atoms with Gasteiger partial charge in [0.15, 0.2) is 0 Å². The first-order chi connectivity index (χ1) is 8.17. The second-order valence-corrected chi connectivity index (χ2v) is 4.32. The lowest BCUT2D eigenvalue weighted by molar-refractivity contribution is 0.292. The van der Waals surface area contributed by atoms with Crippen LogP contribution in [0.5, 0.6) is 6.01 Å². The quantitative estimate of drug-likeness (QED) is 0.882. The molecule has 0 saturated carbocycles. The minimum absolute atomic E-state index is 0.324. The highest BCUT2D eigenvalue weighted by molar-refractivity contribution is 5.77. The fourth-order valence-corrected chi connectivity index (χ4v) is 1.98. The van der Waals surface area contributed by atoms with E-state index >= 15 is 0 Å². The number of rotatable bonds is 4. The molecule has 2 rings (SSSR count). The Morgan fingerprint density at radius 2 is 2.18 bits per heavy atom. The van der Waals surface area contributed by atoms with Gasteiger partial charge in [0.05, 0.1) is 17.6 Å². The fourth-order valence-electron chi connectivity index (χ4n) is 1.98. The summed E-state index contributed by atoms with van der Waals surface area (Å²) >= 11 is 0. The zero-order valence-electron chi connectivity index (χ0n) is 10.6. The predicted octanol–water partition coefficient (Wildman–Crippen LogP) is 2.47. The van der Waals surface area contributed by atoms with E-state index in [2.05, 4.69) is 29.5 Å². The molecule has 0 aliphatic rings. The molecule has 0 fully saturated rings. The summed E-state index contributed by atoms with van der Waals surface area (Å²) in [5.74, 6) is 0. The van der Waals surface area contributed by atoms with E-state index in [0.29, 0.717) is 25.2 Å². The van der Waals surface area contributed by atoms with Gasteiger partial charge in [-0.3, -0.25) is 4.57 Å². The van der Waals surface area contributed by atoms with Crippen LogP contribution in [0.25, 0.3) is 11.0 Å². The summed E-state index contributed by atoms with van der Waals surface area (Å²) in [7, 11) is 0. The Morgan fingerprint density at radius 3 is 2.76 bits per heavy atom. The van der Waals surface area contributed by atoms with Crippen LogP contribution in [0.1, 0.15) is 32.4 Å². The molecular weight excluding hydrogens is 214 g/mol. The predicted molar refractivity (Wildman–Crippen MR) is 69.2 cm³/mol. The molecule has 2 N–H and O–H groups in total. The first-order valence-electron chi connectivity index (χ1n) is 6.01. The highest BCUT2D eigenvalue weighted by atomic mass is 16.5. The van der Waals surface area contributed by atoms with Crippen LogP contribution in [0.15, 0.2) is 18.2 Å². The average Bonchev–Trinajstić information content (AvgIpc) is 2.66. The Labute approximate surface area is 101 Å². The summed E-state index contributed by atoms with van der Waals surface area (Å²) in [4.78, 5) is 4.52. The number of imidazole rings is 1. The minimum Gasteiger partial charge on any atom is -0.465 e. The molecule has 0 spiro atoms. The normalized spacial score (nSPS) is 11.4. The fraction of sp³-hybridized carbons (Fsp3) is 0.462. The van der Waals surface area contributed by atoms with E-state index in [1.54, 1.807) is 0 Å². The number of hydrogen-bond acceptors (Lipinski definition) is 3. The molecule has 1 aromatic heterocycles. The molecule has 1 heterocycles. The van der Waals surface area contributed by atoms with Gasteiger partial charge < -0.3 is 10.5 Å². The van der Waals surface area contributed by atoms with Crippen molar-refractivity contribution in [2.45, 2.75) is 33.4 Å². The van der Waals surface area contributed by atoms with E-state index in [0.717, 1.165) is 16.6 Å². The van der Waals surface area contributed by atoms with Crippen molar-refractivity contribution < 1.29 is 4.74 Å². The van der Waals surface area contributed by atoms with E-state index in [1.807, 2.05) is 19.1 Å². The Kier molecular flexibility index (Phi) is 3.33. The van der Waals surface area contributed by atoms with Gasteiger partial charge in [-0.15, -0.1) is 0 Å². The van der Waals surface area contributed by atoms with Gasteiger partial charge in [0.25, 0.3) is 6.01 Å². The van der Waals surface area contributed by atoms with Gasteiger partial charge in [0.2, 0.25) is 0 Å². The molecule has 0 aliphatic heterocycles. The lowest BCUT2D eigenvalue weighted by Crippen LogP contribution is -2.05. The zero-order valence-corrected chi connectivity index (χ0v) is 10.6. The number of nitrogens with zero attached hydrogens (tertiary/aromatic N) is 2. The first kappa shape index (κ1) is 11.9. The molecule has 4 nitrogen and oxygen atoms in total. The minimum atomic E-state index is 0.324. The van der Waals surface area contributed by atoms with Gasteiger partial charge in [-0.2, -0.15) is 4.98 Å². The van der Waals surface area contributed by atoms with Gasteiger partial charge in [0.1, 0.15) is 0 Å². The van der Waals surface area contributed by atoms with E-state index in [4.69, 9.17) is 10.5 Å². The summed E-state index contributed by atoms with van der Waals surface area (Å²) in [6.45, 7) is 7.38. The van der Waals surface area contributed by atoms with Crippen molar-refractivity contribution in [3.8, 4) is 6.01 Å². The molecule has 4 heteroatoms. The number of aromatic nitrogens is 2. The molecule has 0 bridgehead atoms. The maximum absolute atomic E-state index is 5.64. The molecule has 2 aromatic rings. The van der Waals surface area contributed by atoms with E-state index in [9.17, 15) is 0 Å². The average molecular weight is 233 g/mol. The SMILES string of the molecule is CCOc1nc2cc(CN)ccc2n1C(C)C. The third-order valence-electron chi connectivity index (χ3n) is 2.75. The maximum Gasteiger partial charge on any atom is 0.297 e. The largest absolute Gasteiger partial charge is 0.465 e. The highest BCUT2D eigenvalue weighted by Gasteiger charge is 2.14. The third kappa shape index (κ3) is 2.13. The van der Waals surface area contributed by atoms with Crippen LogP contribution in [0.3, 0.4) is 0 Å². The monoisotopic (exact) mass is 233 g/mol. The van der Waals surface area contributed by atoms with Crippen LogP contribution >= 0.6 is 0 Å². The standard InChI is InChI=1S/C13H19N3O/c1-4-17-13-15-11-7-10(8-14)5-6-12(11)16(13)9(2)3/h5-7,9H,4,8,14H2,1-3H3. The maximum atomic E-state index is 5.64. The summed E-state index contributed by atoms with van der Waals surface area (Å²) < 4.78 is 7.69. The van der Waals surface area contributed by atoms with Crippen LogP contribution in [-0.4, -0.2) is 16.2 Å². The van der Waals surface area contributed by atoms with Crippen molar-refractivity contribution in [3.63, 3.8) is 0 Å². The van der Waals surface area contributed by atoms with Crippen LogP contribution in [0.2, 0.25) is 0 Å². The Morgan fingerprint density at radius 1 is 1.41 bits per heavy atom.